The van der Waals surface area contributed by atoms with E-state index in [2.05, 4.69) is 9.71 Å². The maximum absolute atomic E-state index is 13.0. The monoisotopic (exact) mass is 271 g/mol. The van der Waals surface area contributed by atoms with Gasteiger partial charge in [0.05, 0.1) is 12.0 Å². The minimum absolute atomic E-state index is 0.214. The second-order valence-electron chi connectivity index (χ2n) is 3.64. The van der Waals surface area contributed by atoms with Crippen LogP contribution in [0.15, 0.2) is 35.7 Å². The van der Waals surface area contributed by atoms with E-state index >= 15 is 0 Å². The Labute approximate surface area is 103 Å². The highest BCUT2D eigenvalue weighted by atomic mass is 32.2. The first-order valence-electron chi connectivity index (χ1n) is 4.88. The van der Waals surface area contributed by atoms with Crippen molar-refractivity contribution in [3.05, 3.63) is 36.5 Å². The third-order valence-electron chi connectivity index (χ3n) is 2.16. The van der Waals surface area contributed by atoms with E-state index in [1.807, 2.05) is 0 Å². The van der Waals surface area contributed by atoms with Gasteiger partial charge in [0, 0.05) is 19.3 Å². The number of hydrogen-bond donors (Lipinski definition) is 2. The van der Waals surface area contributed by atoms with Gasteiger partial charge in [-0.3, -0.25) is 4.72 Å². The summed E-state index contributed by atoms with van der Waals surface area (Å²) in [4.78, 5) is 3.67. The van der Waals surface area contributed by atoms with Gasteiger partial charge >= 0.3 is 0 Å². The lowest BCUT2D eigenvalue weighted by atomic mass is 10.3. The van der Waals surface area contributed by atoms with Crippen LogP contribution in [-0.2, 0) is 17.1 Å². The van der Waals surface area contributed by atoms with E-state index in [4.69, 9.17) is 0 Å². The second-order valence-corrected chi connectivity index (χ2v) is 5.27. The maximum Gasteiger partial charge on any atom is 0.281 e. The summed E-state index contributed by atoms with van der Waals surface area (Å²) < 4.78 is 40.2. The highest BCUT2D eigenvalue weighted by molar-refractivity contribution is 7.92. The molecule has 0 aliphatic carbocycles. The first-order valence-corrected chi connectivity index (χ1v) is 6.36. The fourth-order valence-electron chi connectivity index (χ4n) is 1.31. The molecule has 0 bridgehead atoms. The third-order valence-corrected chi connectivity index (χ3v) is 3.41. The van der Waals surface area contributed by atoms with Gasteiger partial charge in [-0.05, 0) is 12.1 Å². The summed E-state index contributed by atoms with van der Waals surface area (Å²) in [7, 11) is -2.32. The van der Waals surface area contributed by atoms with Crippen molar-refractivity contribution in [2.24, 2.45) is 7.05 Å². The molecule has 0 spiro atoms. The summed E-state index contributed by atoms with van der Waals surface area (Å²) in [5, 5.41) is 9.22. The van der Waals surface area contributed by atoms with Crippen molar-refractivity contribution in [3.63, 3.8) is 0 Å². The Morgan fingerprint density at radius 1 is 1.44 bits per heavy atom. The summed E-state index contributed by atoms with van der Waals surface area (Å²) in [6.45, 7) is 0. The molecule has 1 aromatic carbocycles. The average molecular weight is 271 g/mol. The van der Waals surface area contributed by atoms with Crippen LogP contribution < -0.4 is 4.72 Å². The van der Waals surface area contributed by atoms with Crippen LogP contribution in [0.3, 0.4) is 0 Å². The number of hydrogen-bond acceptors (Lipinski definition) is 4. The van der Waals surface area contributed by atoms with E-state index < -0.39 is 15.8 Å². The number of anilines is 1. The number of nitrogens with zero attached hydrogens (tertiary/aromatic N) is 2. The smallest absolute Gasteiger partial charge is 0.281 e. The van der Waals surface area contributed by atoms with E-state index in [-0.39, 0.29) is 16.5 Å². The number of phenols is 1. The van der Waals surface area contributed by atoms with Crippen LogP contribution in [0.2, 0.25) is 0 Å². The number of aromatic nitrogens is 2. The Morgan fingerprint density at radius 3 is 2.78 bits per heavy atom. The minimum Gasteiger partial charge on any atom is -0.506 e. The molecule has 0 unspecified atom stereocenters. The lowest BCUT2D eigenvalue weighted by Crippen LogP contribution is -2.13. The molecule has 0 radical (unpaired) electrons. The molecule has 96 valence electrons. The molecule has 2 N–H and O–H groups in total. The van der Waals surface area contributed by atoms with Crippen LogP contribution in [0, 0.1) is 5.82 Å². The summed E-state index contributed by atoms with van der Waals surface area (Å²) in [6, 6.07) is 2.97. The van der Waals surface area contributed by atoms with Gasteiger partial charge in [-0.2, -0.15) is 8.42 Å². The van der Waals surface area contributed by atoms with Gasteiger partial charge in [0.2, 0.25) is 0 Å². The molecule has 2 aromatic rings. The van der Waals surface area contributed by atoms with Gasteiger partial charge in [0.1, 0.15) is 11.6 Å². The first kappa shape index (κ1) is 12.4. The zero-order valence-corrected chi connectivity index (χ0v) is 10.1. The summed E-state index contributed by atoms with van der Waals surface area (Å²) in [6.07, 6.45) is 2.61. The van der Waals surface area contributed by atoms with Gasteiger partial charge in [0.15, 0.2) is 5.03 Å². The zero-order valence-electron chi connectivity index (χ0n) is 9.33. The summed E-state index contributed by atoms with van der Waals surface area (Å²) >= 11 is 0. The number of imidazole rings is 1. The predicted octanol–water partition coefficient (Wildman–Crippen LogP) is 1.07. The van der Waals surface area contributed by atoms with Crippen molar-refractivity contribution in [2.75, 3.05) is 4.72 Å². The number of nitrogens with one attached hydrogen (secondary N) is 1. The lowest BCUT2D eigenvalue weighted by Gasteiger charge is -2.07. The molecule has 6 nitrogen and oxygen atoms in total. The van der Waals surface area contributed by atoms with Crippen molar-refractivity contribution in [1.82, 2.24) is 9.55 Å². The largest absolute Gasteiger partial charge is 0.506 e. The fourth-order valence-corrected chi connectivity index (χ4v) is 2.36. The van der Waals surface area contributed by atoms with E-state index in [1.165, 1.54) is 17.1 Å². The molecule has 0 saturated carbocycles. The van der Waals surface area contributed by atoms with Gasteiger partial charge in [0.25, 0.3) is 10.0 Å². The summed E-state index contributed by atoms with van der Waals surface area (Å²) in [5.41, 5.74) is -0.236. The Bertz CT molecular complexity index is 681. The molecule has 18 heavy (non-hydrogen) atoms. The van der Waals surface area contributed by atoms with E-state index in [1.54, 1.807) is 7.05 Å². The highest BCUT2D eigenvalue weighted by Gasteiger charge is 2.18. The molecular weight excluding hydrogens is 261 g/mol. The van der Waals surface area contributed by atoms with Crippen LogP contribution >= 0.6 is 0 Å². The van der Waals surface area contributed by atoms with Gasteiger partial charge in [-0.15, -0.1) is 0 Å². The number of aryl methyl sites for hydroxylation is 1. The number of rotatable bonds is 3. The van der Waals surface area contributed by atoms with Crippen molar-refractivity contribution in [3.8, 4) is 5.75 Å². The van der Waals surface area contributed by atoms with Gasteiger partial charge in [-0.25, -0.2) is 9.37 Å². The molecule has 1 heterocycles. The van der Waals surface area contributed by atoms with E-state index in [9.17, 15) is 17.9 Å². The predicted molar refractivity (Wildman–Crippen MR) is 62.1 cm³/mol. The molecular formula is C10H10FN3O3S. The zero-order chi connectivity index (χ0) is 13.3. The number of phenolic OH excluding ortho intramolecular Hbond substituents is 1. The van der Waals surface area contributed by atoms with Crippen molar-refractivity contribution in [2.45, 2.75) is 5.03 Å². The lowest BCUT2D eigenvalue weighted by molar-refractivity contribution is 0.475. The third kappa shape index (κ3) is 2.43. The van der Waals surface area contributed by atoms with Crippen LogP contribution in [0.5, 0.6) is 5.75 Å². The standard InChI is InChI=1S/C10H10FN3O3S/c1-14-5-10(12-6-14)18(16,17)13-8-4-7(11)2-3-9(8)15/h2-6,13,15H,1H3. The van der Waals surface area contributed by atoms with Crippen molar-refractivity contribution < 1.29 is 17.9 Å². The molecule has 0 atom stereocenters. The normalized spacial score (nSPS) is 11.4. The first-order chi connectivity index (χ1) is 8.38. The van der Waals surface area contributed by atoms with Gasteiger partial charge < -0.3 is 9.67 Å². The average Bonchev–Trinajstić information content (AvgIpc) is 2.71. The van der Waals surface area contributed by atoms with Crippen LogP contribution in [0.25, 0.3) is 0 Å². The van der Waals surface area contributed by atoms with Crippen molar-refractivity contribution in [1.29, 1.82) is 0 Å². The number of sulfonamides is 1. The van der Waals surface area contributed by atoms with E-state index in [0.29, 0.717) is 0 Å². The highest BCUT2D eigenvalue weighted by Crippen LogP contribution is 2.25. The molecule has 0 aliphatic heterocycles. The molecule has 2 rings (SSSR count). The minimum atomic E-state index is -3.94. The molecule has 0 amide bonds. The maximum atomic E-state index is 13.0. The van der Waals surface area contributed by atoms with Gasteiger partial charge in [-0.1, -0.05) is 0 Å². The van der Waals surface area contributed by atoms with Crippen LogP contribution in [0.4, 0.5) is 10.1 Å². The number of benzene rings is 1. The Hall–Kier alpha value is -2.09. The molecule has 0 fully saturated rings. The quantitative estimate of drug-likeness (QED) is 0.818. The van der Waals surface area contributed by atoms with Crippen LogP contribution in [-0.4, -0.2) is 23.1 Å². The Balaban J connectivity index is 2.36. The number of aromatic hydroxyl groups is 1. The molecule has 1 aromatic heterocycles. The second kappa shape index (κ2) is 4.30. The van der Waals surface area contributed by atoms with Crippen molar-refractivity contribution >= 4 is 15.7 Å². The van der Waals surface area contributed by atoms with Crippen LogP contribution in [0.1, 0.15) is 0 Å². The molecule has 0 aliphatic rings. The summed E-state index contributed by atoms with van der Waals surface area (Å²) in [5.74, 6) is -1.03. The fraction of sp³-hybridized carbons (Fsp3) is 0.100. The topological polar surface area (TPSA) is 84.2 Å². The molecule has 8 heteroatoms. The molecule has 0 saturated heterocycles. The van der Waals surface area contributed by atoms with E-state index in [0.717, 1.165) is 18.2 Å². The number of halogens is 1. The SMILES string of the molecule is Cn1cnc(S(=O)(=O)Nc2cc(F)ccc2O)c1. The Morgan fingerprint density at radius 2 is 2.17 bits per heavy atom. The Kier molecular flexibility index (Phi) is 2.95.